The molecule has 2 rings (SSSR count). The number of methoxy groups -OCH3 is 1. The lowest BCUT2D eigenvalue weighted by Gasteiger charge is -2.17. The van der Waals surface area contributed by atoms with Crippen LogP contribution in [-0.4, -0.2) is 25.2 Å². The number of amides is 1. The molecule has 0 bridgehead atoms. The van der Waals surface area contributed by atoms with Crippen LogP contribution in [0.1, 0.15) is 10.4 Å². The first-order chi connectivity index (χ1) is 9.11. The molecule has 0 saturated carbocycles. The Balaban J connectivity index is 2.20. The Kier molecular flexibility index (Phi) is 3.71. The van der Waals surface area contributed by atoms with Crippen molar-refractivity contribution in [2.45, 2.75) is 0 Å². The molecule has 1 N–H and O–H groups in total. The molecular formula is C15H15NO3. The van der Waals surface area contributed by atoms with E-state index in [4.69, 9.17) is 4.74 Å². The quantitative estimate of drug-likeness (QED) is 0.919. The van der Waals surface area contributed by atoms with Crippen molar-refractivity contribution in [1.82, 2.24) is 0 Å². The highest BCUT2D eigenvalue weighted by Crippen LogP contribution is 2.20. The number of carbonyl (C=O) groups excluding carboxylic acids is 1. The normalized spacial score (nSPS) is 10.0. The van der Waals surface area contributed by atoms with E-state index in [9.17, 15) is 9.90 Å². The molecule has 0 radical (unpaired) electrons. The van der Waals surface area contributed by atoms with Gasteiger partial charge in [0.1, 0.15) is 11.5 Å². The number of anilines is 1. The highest BCUT2D eigenvalue weighted by Gasteiger charge is 2.13. The zero-order valence-electron chi connectivity index (χ0n) is 10.8. The molecule has 0 aliphatic carbocycles. The summed E-state index contributed by atoms with van der Waals surface area (Å²) in [5.74, 6) is 0.753. The minimum atomic E-state index is -0.134. The summed E-state index contributed by atoms with van der Waals surface area (Å²) in [7, 11) is 3.30. The molecule has 0 aromatic heterocycles. The van der Waals surface area contributed by atoms with E-state index in [1.165, 1.54) is 12.1 Å². The second-order valence-corrected chi connectivity index (χ2v) is 4.11. The zero-order chi connectivity index (χ0) is 13.8. The van der Waals surface area contributed by atoms with Gasteiger partial charge in [-0.05, 0) is 48.5 Å². The Labute approximate surface area is 111 Å². The Hall–Kier alpha value is -2.49. The molecular weight excluding hydrogens is 242 g/mol. The van der Waals surface area contributed by atoms with Crippen molar-refractivity contribution in [2.24, 2.45) is 0 Å². The smallest absolute Gasteiger partial charge is 0.258 e. The summed E-state index contributed by atoms with van der Waals surface area (Å²) in [6, 6.07) is 13.4. The number of benzene rings is 2. The highest BCUT2D eigenvalue weighted by atomic mass is 16.5. The molecule has 4 heteroatoms. The van der Waals surface area contributed by atoms with Crippen molar-refractivity contribution in [3.63, 3.8) is 0 Å². The standard InChI is InChI=1S/C15H15NO3/c1-16(12-5-9-14(19-2)10-6-12)15(18)11-3-7-13(17)8-4-11/h3-10,17H,1-2H3. The van der Waals surface area contributed by atoms with Gasteiger partial charge in [-0.15, -0.1) is 0 Å². The SMILES string of the molecule is COc1ccc(N(C)C(=O)c2ccc(O)cc2)cc1. The Morgan fingerprint density at radius 2 is 1.63 bits per heavy atom. The fraction of sp³-hybridized carbons (Fsp3) is 0.133. The third kappa shape index (κ3) is 2.85. The maximum atomic E-state index is 12.2. The van der Waals surface area contributed by atoms with Gasteiger partial charge in [-0.25, -0.2) is 0 Å². The molecule has 0 spiro atoms. The van der Waals surface area contributed by atoms with Crippen molar-refractivity contribution in [3.8, 4) is 11.5 Å². The Morgan fingerprint density at radius 1 is 1.05 bits per heavy atom. The molecule has 0 saturated heterocycles. The molecule has 98 valence electrons. The molecule has 0 aliphatic heterocycles. The highest BCUT2D eigenvalue weighted by molar-refractivity contribution is 6.05. The molecule has 0 atom stereocenters. The summed E-state index contributed by atoms with van der Waals surface area (Å²) in [5, 5.41) is 9.21. The van der Waals surface area contributed by atoms with Gasteiger partial charge in [0.15, 0.2) is 0 Å². The van der Waals surface area contributed by atoms with Crippen LogP contribution in [0.15, 0.2) is 48.5 Å². The van der Waals surface area contributed by atoms with Gasteiger partial charge in [-0.3, -0.25) is 4.79 Å². The summed E-state index contributed by atoms with van der Waals surface area (Å²) in [4.78, 5) is 13.8. The predicted octanol–water partition coefficient (Wildman–Crippen LogP) is 2.68. The fourth-order valence-electron chi connectivity index (χ4n) is 1.72. The van der Waals surface area contributed by atoms with Crippen LogP contribution in [0.5, 0.6) is 11.5 Å². The Bertz CT molecular complexity index is 561. The molecule has 2 aromatic carbocycles. The first kappa shape index (κ1) is 13.0. The molecule has 19 heavy (non-hydrogen) atoms. The minimum Gasteiger partial charge on any atom is -0.508 e. The van der Waals surface area contributed by atoms with Gasteiger partial charge in [0.05, 0.1) is 7.11 Å². The van der Waals surface area contributed by atoms with Crippen LogP contribution < -0.4 is 9.64 Å². The third-order valence-electron chi connectivity index (χ3n) is 2.88. The first-order valence-electron chi connectivity index (χ1n) is 5.83. The van der Waals surface area contributed by atoms with Gasteiger partial charge in [-0.1, -0.05) is 0 Å². The third-order valence-corrected chi connectivity index (χ3v) is 2.88. The van der Waals surface area contributed by atoms with Gasteiger partial charge < -0.3 is 14.7 Å². The van der Waals surface area contributed by atoms with Crippen molar-refractivity contribution < 1.29 is 14.6 Å². The average molecular weight is 257 g/mol. The summed E-state index contributed by atoms with van der Waals surface area (Å²) < 4.78 is 5.08. The van der Waals surface area contributed by atoms with Gasteiger partial charge in [0.2, 0.25) is 0 Å². The van der Waals surface area contributed by atoms with Crippen molar-refractivity contribution in [2.75, 3.05) is 19.1 Å². The maximum Gasteiger partial charge on any atom is 0.258 e. The molecule has 0 aliphatic rings. The van der Waals surface area contributed by atoms with Crippen molar-refractivity contribution in [3.05, 3.63) is 54.1 Å². The largest absolute Gasteiger partial charge is 0.508 e. The number of phenols is 1. The number of nitrogens with zero attached hydrogens (tertiary/aromatic N) is 1. The van der Waals surface area contributed by atoms with E-state index in [0.29, 0.717) is 5.56 Å². The van der Waals surface area contributed by atoms with Crippen LogP contribution in [0.3, 0.4) is 0 Å². The van der Waals surface area contributed by atoms with Gasteiger partial charge in [-0.2, -0.15) is 0 Å². The van der Waals surface area contributed by atoms with Crippen LogP contribution in [0.2, 0.25) is 0 Å². The number of carbonyl (C=O) groups is 1. The zero-order valence-corrected chi connectivity index (χ0v) is 10.8. The van der Waals surface area contributed by atoms with Crippen LogP contribution in [0.4, 0.5) is 5.69 Å². The van der Waals surface area contributed by atoms with E-state index >= 15 is 0 Å². The second-order valence-electron chi connectivity index (χ2n) is 4.11. The summed E-state index contributed by atoms with van der Waals surface area (Å²) in [6.07, 6.45) is 0. The predicted molar refractivity (Wildman–Crippen MR) is 73.8 cm³/mol. The van der Waals surface area contributed by atoms with E-state index in [1.807, 2.05) is 12.1 Å². The molecule has 1 amide bonds. The van der Waals surface area contributed by atoms with E-state index in [1.54, 1.807) is 43.3 Å². The van der Waals surface area contributed by atoms with Gasteiger partial charge in [0, 0.05) is 18.3 Å². The number of rotatable bonds is 3. The van der Waals surface area contributed by atoms with E-state index in [-0.39, 0.29) is 11.7 Å². The summed E-state index contributed by atoms with van der Waals surface area (Å²) in [5.41, 5.74) is 1.30. The number of ether oxygens (including phenoxy) is 1. The van der Waals surface area contributed by atoms with Gasteiger partial charge in [0.25, 0.3) is 5.91 Å². The molecule has 4 nitrogen and oxygen atoms in total. The first-order valence-corrected chi connectivity index (χ1v) is 5.83. The van der Waals surface area contributed by atoms with Crippen molar-refractivity contribution in [1.29, 1.82) is 0 Å². The molecule has 2 aromatic rings. The minimum absolute atomic E-state index is 0.134. The monoisotopic (exact) mass is 257 g/mol. The average Bonchev–Trinajstić information content (AvgIpc) is 2.46. The summed E-state index contributed by atoms with van der Waals surface area (Å²) >= 11 is 0. The van der Waals surface area contributed by atoms with Crippen LogP contribution >= 0.6 is 0 Å². The fourth-order valence-corrected chi connectivity index (χ4v) is 1.72. The van der Waals surface area contributed by atoms with Crippen LogP contribution in [0, 0.1) is 0 Å². The molecule has 0 heterocycles. The lowest BCUT2D eigenvalue weighted by atomic mass is 10.2. The number of hydrogen-bond acceptors (Lipinski definition) is 3. The lowest BCUT2D eigenvalue weighted by Crippen LogP contribution is -2.25. The van der Waals surface area contributed by atoms with E-state index in [2.05, 4.69) is 0 Å². The lowest BCUT2D eigenvalue weighted by molar-refractivity contribution is 0.0993. The van der Waals surface area contributed by atoms with E-state index in [0.717, 1.165) is 11.4 Å². The maximum absolute atomic E-state index is 12.2. The van der Waals surface area contributed by atoms with E-state index < -0.39 is 0 Å². The van der Waals surface area contributed by atoms with Gasteiger partial charge >= 0.3 is 0 Å². The van der Waals surface area contributed by atoms with Crippen LogP contribution in [-0.2, 0) is 0 Å². The van der Waals surface area contributed by atoms with Crippen LogP contribution in [0.25, 0.3) is 0 Å². The second kappa shape index (κ2) is 5.44. The molecule has 0 fully saturated rings. The molecule has 0 unspecified atom stereocenters. The summed E-state index contributed by atoms with van der Waals surface area (Å²) in [6.45, 7) is 0. The Morgan fingerprint density at radius 3 is 2.16 bits per heavy atom. The van der Waals surface area contributed by atoms with Crippen molar-refractivity contribution >= 4 is 11.6 Å². The topological polar surface area (TPSA) is 49.8 Å². The number of aromatic hydroxyl groups is 1. The number of phenolic OH excluding ortho intramolecular Hbond substituents is 1. The number of hydrogen-bond donors (Lipinski definition) is 1.